The smallest absolute Gasteiger partial charge is 0.139 e. The van der Waals surface area contributed by atoms with Crippen LogP contribution in [0.15, 0.2) is 35.6 Å². The lowest BCUT2D eigenvalue weighted by Crippen LogP contribution is -2.22. The van der Waals surface area contributed by atoms with E-state index in [-0.39, 0.29) is 17.8 Å². The third kappa shape index (κ3) is 3.99. The number of carbonyl (C=O) groups is 1. The van der Waals surface area contributed by atoms with Crippen molar-refractivity contribution in [1.29, 1.82) is 0 Å². The summed E-state index contributed by atoms with van der Waals surface area (Å²) in [5.41, 5.74) is 5.44. The van der Waals surface area contributed by atoms with Crippen LogP contribution in [0.2, 0.25) is 0 Å². The Morgan fingerprint density at radius 2 is 2.08 bits per heavy atom. The Morgan fingerprint density at radius 3 is 2.80 bits per heavy atom. The van der Waals surface area contributed by atoms with Crippen molar-refractivity contribution in [3.63, 3.8) is 0 Å². The van der Waals surface area contributed by atoms with Crippen molar-refractivity contribution < 1.29 is 9.90 Å². The summed E-state index contributed by atoms with van der Waals surface area (Å²) in [4.78, 5) is 25.6. The average molecular weight is 337 g/mol. The van der Waals surface area contributed by atoms with E-state index in [1.165, 1.54) is 0 Å². The van der Waals surface area contributed by atoms with Crippen LogP contribution in [0, 0.1) is 12.3 Å². The Labute approximate surface area is 147 Å². The van der Waals surface area contributed by atoms with Gasteiger partial charge in [-0.2, -0.15) is 0 Å². The highest BCUT2D eigenvalue weighted by Crippen LogP contribution is 2.24. The Balaban J connectivity index is 1.76. The summed E-state index contributed by atoms with van der Waals surface area (Å²) in [5.74, 6) is 0.0930. The number of aryl methyl sites for hydroxylation is 1. The fourth-order valence-electron chi connectivity index (χ4n) is 3.03. The molecule has 5 heteroatoms. The lowest BCUT2D eigenvalue weighted by molar-refractivity contribution is -0.120. The molecule has 2 aromatic rings. The van der Waals surface area contributed by atoms with E-state index in [1.54, 1.807) is 6.20 Å². The van der Waals surface area contributed by atoms with Gasteiger partial charge in [0.25, 0.3) is 0 Å². The highest BCUT2D eigenvalue weighted by Gasteiger charge is 2.23. The molecule has 3 heterocycles. The molecule has 0 fully saturated rings. The minimum atomic E-state index is -0.386. The summed E-state index contributed by atoms with van der Waals surface area (Å²) in [6.07, 6.45) is 4.24. The summed E-state index contributed by atoms with van der Waals surface area (Å²) in [7, 11) is 0. The van der Waals surface area contributed by atoms with Crippen molar-refractivity contribution in [2.24, 2.45) is 10.4 Å². The van der Waals surface area contributed by atoms with Crippen molar-refractivity contribution in [3.05, 3.63) is 58.7 Å². The fourth-order valence-corrected chi connectivity index (χ4v) is 3.03. The molecule has 0 aliphatic carbocycles. The Bertz CT molecular complexity index is 841. The number of hydrogen-bond donors (Lipinski definition) is 1. The van der Waals surface area contributed by atoms with Gasteiger partial charge in [0, 0.05) is 54.4 Å². The predicted molar refractivity (Wildman–Crippen MR) is 96.7 cm³/mol. The highest BCUT2D eigenvalue weighted by atomic mass is 16.3. The summed E-state index contributed by atoms with van der Waals surface area (Å²) in [6, 6.07) is 5.95. The third-order valence-corrected chi connectivity index (χ3v) is 4.36. The van der Waals surface area contributed by atoms with Gasteiger partial charge in [0.15, 0.2) is 0 Å². The molecule has 3 rings (SSSR count). The molecule has 2 aromatic heterocycles. The number of pyridine rings is 2. The van der Waals surface area contributed by atoms with E-state index in [4.69, 9.17) is 0 Å². The average Bonchev–Trinajstić information content (AvgIpc) is 2.97. The first-order chi connectivity index (χ1) is 11.9. The van der Waals surface area contributed by atoms with E-state index in [0.29, 0.717) is 19.4 Å². The maximum absolute atomic E-state index is 12.2. The van der Waals surface area contributed by atoms with Crippen molar-refractivity contribution in [1.82, 2.24) is 9.97 Å². The zero-order valence-electron chi connectivity index (χ0n) is 14.9. The summed E-state index contributed by atoms with van der Waals surface area (Å²) >= 11 is 0. The first kappa shape index (κ1) is 17.4. The second kappa shape index (κ2) is 6.84. The molecule has 1 aliphatic heterocycles. The van der Waals surface area contributed by atoms with Gasteiger partial charge in [-0.3, -0.25) is 19.8 Å². The second-order valence-corrected chi connectivity index (χ2v) is 7.40. The number of rotatable bonds is 6. The van der Waals surface area contributed by atoms with E-state index < -0.39 is 0 Å². The van der Waals surface area contributed by atoms with Gasteiger partial charge in [-0.15, -0.1) is 0 Å². The number of aromatic nitrogens is 2. The molecule has 0 amide bonds. The van der Waals surface area contributed by atoms with E-state index in [0.717, 1.165) is 33.8 Å². The molecule has 0 unspecified atom stereocenters. The van der Waals surface area contributed by atoms with Crippen LogP contribution in [0.3, 0.4) is 0 Å². The minimum Gasteiger partial charge on any atom is -0.396 e. The monoisotopic (exact) mass is 337 g/mol. The van der Waals surface area contributed by atoms with E-state index in [9.17, 15) is 9.90 Å². The molecular formula is C20H23N3O2. The predicted octanol–water partition coefficient (Wildman–Crippen LogP) is 2.66. The molecule has 0 bridgehead atoms. The van der Waals surface area contributed by atoms with Gasteiger partial charge < -0.3 is 5.11 Å². The number of Topliss-reactive ketones (excluding diaryl/α,β-unsaturated/α-hetero) is 1. The number of aliphatic hydroxyl groups is 1. The van der Waals surface area contributed by atoms with Crippen molar-refractivity contribution in [3.8, 4) is 0 Å². The Kier molecular flexibility index (Phi) is 4.77. The quantitative estimate of drug-likeness (QED) is 0.879. The maximum atomic E-state index is 12.2. The van der Waals surface area contributed by atoms with Crippen molar-refractivity contribution >= 4 is 11.5 Å². The molecule has 0 aromatic carbocycles. The SMILES string of the molecule is Cc1cc(C2=NCc3cc(CC(=O)CC(C)(C)CO)ncc32)ccn1. The number of ketones is 1. The Morgan fingerprint density at radius 1 is 1.28 bits per heavy atom. The molecule has 0 radical (unpaired) electrons. The second-order valence-electron chi connectivity index (χ2n) is 7.40. The third-order valence-electron chi connectivity index (χ3n) is 4.36. The fraction of sp³-hybridized carbons (Fsp3) is 0.400. The van der Waals surface area contributed by atoms with Crippen LogP contribution >= 0.6 is 0 Å². The standard InChI is InChI=1S/C20H23N3O2/c1-13-6-14(4-5-21-13)19-18-11-22-16(7-15(18)10-23-19)8-17(25)9-20(2,3)12-24/h4-7,11,24H,8-10,12H2,1-3H3. The molecule has 0 atom stereocenters. The first-order valence-corrected chi connectivity index (χ1v) is 8.46. The summed E-state index contributed by atoms with van der Waals surface area (Å²) in [6.45, 7) is 6.34. The topological polar surface area (TPSA) is 75.4 Å². The number of aliphatic hydroxyl groups excluding tert-OH is 1. The molecule has 130 valence electrons. The summed E-state index contributed by atoms with van der Waals surface area (Å²) in [5, 5.41) is 9.31. The molecular weight excluding hydrogens is 314 g/mol. The maximum Gasteiger partial charge on any atom is 0.139 e. The van der Waals surface area contributed by atoms with Crippen LogP contribution in [0.5, 0.6) is 0 Å². The molecule has 5 nitrogen and oxygen atoms in total. The van der Waals surface area contributed by atoms with Gasteiger partial charge in [0.05, 0.1) is 12.3 Å². The van der Waals surface area contributed by atoms with Crippen molar-refractivity contribution in [2.45, 2.75) is 40.2 Å². The zero-order chi connectivity index (χ0) is 18.0. The lowest BCUT2D eigenvalue weighted by Gasteiger charge is -2.20. The van der Waals surface area contributed by atoms with Crippen LogP contribution in [0.25, 0.3) is 0 Å². The molecule has 25 heavy (non-hydrogen) atoms. The molecule has 0 spiro atoms. The van der Waals surface area contributed by atoms with Crippen LogP contribution in [0.4, 0.5) is 0 Å². The highest BCUT2D eigenvalue weighted by molar-refractivity contribution is 6.15. The largest absolute Gasteiger partial charge is 0.396 e. The number of nitrogens with zero attached hydrogens (tertiary/aromatic N) is 3. The lowest BCUT2D eigenvalue weighted by atomic mass is 9.87. The van der Waals surface area contributed by atoms with Crippen LogP contribution in [0.1, 0.15) is 48.3 Å². The van der Waals surface area contributed by atoms with Crippen LogP contribution in [-0.2, 0) is 17.8 Å². The number of hydrogen-bond acceptors (Lipinski definition) is 5. The van der Waals surface area contributed by atoms with Gasteiger partial charge in [-0.1, -0.05) is 13.8 Å². The van der Waals surface area contributed by atoms with Gasteiger partial charge in [-0.25, -0.2) is 0 Å². The van der Waals surface area contributed by atoms with E-state index in [1.807, 2.05) is 45.2 Å². The zero-order valence-corrected chi connectivity index (χ0v) is 14.9. The van der Waals surface area contributed by atoms with Gasteiger partial charge in [-0.05, 0) is 36.1 Å². The van der Waals surface area contributed by atoms with Gasteiger partial charge >= 0.3 is 0 Å². The van der Waals surface area contributed by atoms with E-state index >= 15 is 0 Å². The molecule has 0 saturated carbocycles. The molecule has 1 N–H and O–H groups in total. The van der Waals surface area contributed by atoms with Gasteiger partial charge in [0.1, 0.15) is 5.78 Å². The number of aliphatic imine (C=N–C) groups is 1. The minimum absolute atomic E-state index is 0.00109. The molecule has 0 saturated heterocycles. The molecule has 1 aliphatic rings. The summed E-state index contributed by atoms with van der Waals surface area (Å²) < 4.78 is 0. The van der Waals surface area contributed by atoms with Gasteiger partial charge in [0.2, 0.25) is 0 Å². The van der Waals surface area contributed by atoms with Crippen molar-refractivity contribution in [2.75, 3.05) is 6.61 Å². The first-order valence-electron chi connectivity index (χ1n) is 8.46. The van der Waals surface area contributed by atoms with E-state index in [2.05, 4.69) is 15.0 Å². The number of fused-ring (bicyclic) bond motifs is 1. The Hall–Kier alpha value is -2.40. The van der Waals surface area contributed by atoms with Crippen LogP contribution < -0.4 is 0 Å². The number of carbonyl (C=O) groups excluding carboxylic acids is 1. The normalized spacial score (nSPS) is 13.5. The van der Waals surface area contributed by atoms with Crippen LogP contribution in [-0.4, -0.2) is 33.2 Å².